The van der Waals surface area contributed by atoms with Gasteiger partial charge in [-0.3, -0.25) is 0 Å². The third kappa shape index (κ3) is 2.97. The first-order valence-corrected chi connectivity index (χ1v) is 8.69. The maximum atomic E-state index is 12.8. The van der Waals surface area contributed by atoms with Crippen LogP contribution in [-0.4, -0.2) is 38.9 Å². The quantitative estimate of drug-likeness (QED) is 0.923. The molecule has 7 heteroatoms. The van der Waals surface area contributed by atoms with Crippen LogP contribution < -0.4 is 5.32 Å². The molecule has 1 atom stereocenters. The van der Waals surface area contributed by atoms with Gasteiger partial charge in [0.1, 0.15) is 4.90 Å². The molecule has 1 aliphatic rings. The summed E-state index contributed by atoms with van der Waals surface area (Å²) >= 11 is 12.2. The van der Waals surface area contributed by atoms with Gasteiger partial charge in [-0.05, 0) is 38.4 Å². The van der Waals surface area contributed by atoms with E-state index >= 15 is 0 Å². The molecule has 1 N–H and O–H groups in total. The molecule has 1 saturated heterocycles. The summed E-state index contributed by atoms with van der Waals surface area (Å²) in [6.07, 6.45) is 1.80. The van der Waals surface area contributed by atoms with Crippen molar-refractivity contribution >= 4 is 33.2 Å². The average Bonchev–Trinajstić information content (AvgIpc) is 2.43. The minimum absolute atomic E-state index is 0.0255. The van der Waals surface area contributed by atoms with Gasteiger partial charge in [0.15, 0.2) is 0 Å². The number of halogens is 2. The Labute approximate surface area is 130 Å². The van der Waals surface area contributed by atoms with Crippen LogP contribution in [0.4, 0.5) is 0 Å². The molecular formula is C13H18Cl2N2O2S. The molecule has 112 valence electrons. The predicted molar refractivity (Wildman–Crippen MR) is 82.0 cm³/mol. The van der Waals surface area contributed by atoms with E-state index in [2.05, 4.69) is 5.32 Å². The minimum atomic E-state index is -3.66. The molecule has 1 aliphatic heterocycles. The van der Waals surface area contributed by atoms with E-state index in [1.807, 2.05) is 7.05 Å². The molecule has 2 rings (SSSR count). The van der Waals surface area contributed by atoms with Crippen molar-refractivity contribution in [3.8, 4) is 0 Å². The third-order valence-corrected chi connectivity index (χ3v) is 6.61. The van der Waals surface area contributed by atoms with Crippen LogP contribution in [0.15, 0.2) is 17.0 Å². The Balaban J connectivity index is 2.43. The number of nitrogens with one attached hydrogen (secondary N) is 1. The number of hydrogen-bond donors (Lipinski definition) is 1. The highest BCUT2D eigenvalue weighted by Gasteiger charge is 2.33. The van der Waals surface area contributed by atoms with Gasteiger partial charge in [-0.15, -0.1) is 0 Å². The summed E-state index contributed by atoms with van der Waals surface area (Å²) in [5, 5.41) is 3.51. The normalized spacial score (nSPS) is 21.1. The molecule has 1 fully saturated rings. The van der Waals surface area contributed by atoms with Crippen molar-refractivity contribution in [2.24, 2.45) is 0 Å². The zero-order chi connectivity index (χ0) is 14.9. The number of likely N-dealkylation sites (N-methyl/N-ethyl adjacent to an activating group) is 1. The van der Waals surface area contributed by atoms with Crippen molar-refractivity contribution in [2.45, 2.75) is 30.7 Å². The molecule has 0 amide bonds. The Morgan fingerprint density at radius 3 is 2.70 bits per heavy atom. The number of sulfonamides is 1. The Kier molecular flexibility index (Phi) is 4.97. The highest BCUT2D eigenvalue weighted by Crippen LogP contribution is 2.34. The fraction of sp³-hybridized carbons (Fsp3) is 0.538. The second kappa shape index (κ2) is 6.20. The maximum absolute atomic E-state index is 12.8. The molecular weight excluding hydrogens is 319 g/mol. The molecule has 0 bridgehead atoms. The van der Waals surface area contributed by atoms with E-state index in [4.69, 9.17) is 23.2 Å². The van der Waals surface area contributed by atoms with Crippen LogP contribution in [0.3, 0.4) is 0 Å². The summed E-state index contributed by atoms with van der Waals surface area (Å²) in [5.74, 6) is 0. The van der Waals surface area contributed by atoms with Gasteiger partial charge in [0, 0.05) is 19.1 Å². The van der Waals surface area contributed by atoms with E-state index in [9.17, 15) is 8.42 Å². The lowest BCUT2D eigenvalue weighted by molar-refractivity contribution is 0.293. The van der Waals surface area contributed by atoms with Gasteiger partial charge < -0.3 is 5.32 Å². The van der Waals surface area contributed by atoms with Crippen LogP contribution >= 0.6 is 23.2 Å². The molecule has 20 heavy (non-hydrogen) atoms. The Bertz CT molecular complexity index is 605. The van der Waals surface area contributed by atoms with Gasteiger partial charge in [-0.25, -0.2) is 8.42 Å². The summed E-state index contributed by atoms with van der Waals surface area (Å²) in [6.45, 7) is 2.71. The number of rotatable bonds is 3. The van der Waals surface area contributed by atoms with Crippen LogP contribution in [0.5, 0.6) is 0 Å². The van der Waals surface area contributed by atoms with Crippen LogP contribution in [0.25, 0.3) is 0 Å². The second-order valence-corrected chi connectivity index (χ2v) is 7.66. The van der Waals surface area contributed by atoms with Crippen LogP contribution in [0.1, 0.15) is 18.4 Å². The van der Waals surface area contributed by atoms with E-state index in [-0.39, 0.29) is 21.0 Å². The summed E-state index contributed by atoms with van der Waals surface area (Å²) < 4.78 is 27.0. The fourth-order valence-corrected chi connectivity index (χ4v) is 5.05. The lowest BCUT2D eigenvalue weighted by atomic mass is 10.1. The highest BCUT2D eigenvalue weighted by atomic mass is 35.5. The van der Waals surface area contributed by atoms with Gasteiger partial charge in [-0.2, -0.15) is 4.31 Å². The first-order valence-electron chi connectivity index (χ1n) is 6.50. The van der Waals surface area contributed by atoms with Crippen LogP contribution in [0, 0.1) is 6.92 Å². The lowest BCUT2D eigenvalue weighted by Gasteiger charge is -2.32. The van der Waals surface area contributed by atoms with Gasteiger partial charge >= 0.3 is 0 Å². The van der Waals surface area contributed by atoms with Crippen molar-refractivity contribution in [2.75, 3.05) is 20.1 Å². The number of aryl methyl sites for hydroxylation is 1. The standard InChI is InChI=1S/C13H18Cl2N2O2S/c1-9-5-6-11(14)13(12(9)15)20(18,19)17-7-3-4-10(8-17)16-2/h5-6,10,16H,3-4,7-8H2,1-2H3. The zero-order valence-electron chi connectivity index (χ0n) is 11.5. The SMILES string of the molecule is CNC1CCCN(S(=O)(=O)c2c(Cl)ccc(C)c2Cl)C1. The molecule has 1 unspecified atom stereocenters. The van der Waals surface area contributed by atoms with E-state index < -0.39 is 10.0 Å². The lowest BCUT2D eigenvalue weighted by Crippen LogP contribution is -2.46. The molecule has 4 nitrogen and oxygen atoms in total. The van der Waals surface area contributed by atoms with E-state index in [0.29, 0.717) is 18.7 Å². The van der Waals surface area contributed by atoms with E-state index in [1.165, 1.54) is 4.31 Å². The van der Waals surface area contributed by atoms with Crippen molar-refractivity contribution in [1.29, 1.82) is 0 Å². The zero-order valence-corrected chi connectivity index (χ0v) is 13.8. The third-order valence-electron chi connectivity index (χ3n) is 3.63. The van der Waals surface area contributed by atoms with E-state index in [1.54, 1.807) is 19.1 Å². The van der Waals surface area contributed by atoms with Gasteiger partial charge in [0.2, 0.25) is 10.0 Å². The summed E-state index contributed by atoms with van der Waals surface area (Å²) in [5.41, 5.74) is 0.705. The minimum Gasteiger partial charge on any atom is -0.316 e. The van der Waals surface area contributed by atoms with Crippen LogP contribution in [0.2, 0.25) is 10.0 Å². The highest BCUT2D eigenvalue weighted by molar-refractivity contribution is 7.89. The Morgan fingerprint density at radius 1 is 1.35 bits per heavy atom. The fourth-order valence-electron chi connectivity index (χ4n) is 2.39. The molecule has 0 spiro atoms. The number of benzene rings is 1. The van der Waals surface area contributed by atoms with Crippen LogP contribution in [-0.2, 0) is 10.0 Å². The Morgan fingerprint density at radius 2 is 2.05 bits per heavy atom. The summed E-state index contributed by atoms with van der Waals surface area (Å²) in [6, 6.07) is 3.46. The van der Waals surface area contributed by atoms with Gasteiger partial charge in [0.05, 0.1) is 10.0 Å². The van der Waals surface area contributed by atoms with Crippen molar-refractivity contribution in [1.82, 2.24) is 9.62 Å². The molecule has 0 aromatic heterocycles. The van der Waals surface area contributed by atoms with Crippen molar-refractivity contribution in [3.05, 3.63) is 27.7 Å². The van der Waals surface area contributed by atoms with Gasteiger partial charge in [-0.1, -0.05) is 29.3 Å². The monoisotopic (exact) mass is 336 g/mol. The maximum Gasteiger partial charge on any atom is 0.246 e. The molecule has 0 radical (unpaired) electrons. The number of hydrogen-bond acceptors (Lipinski definition) is 3. The first kappa shape index (κ1) is 16.0. The second-order valence-electron chi connectivity index (χ2n) is 5.00. The summed E-state index contributed by atoms with van der Waals surface area (Å²) in [4.78, 5) is 0.0255. The smallest absolute Gasteiger partial charge is 0.246 e. The molecule has 0 aliphatic carbocycles. The summed E-state index contributed by atoms with van der Waals surface area (Å²) in [7, 11) is -1.82. The number of nitrogens with zero attached hydrogens (tertiary/aromatic N) is 1. The first-order chi connectivity index (χ1) is 9.37. The van der Waals surface area contributed by atoms with Gasteiger partial charge in [0.25, 0.3) is 0 Å². The van der Waals surface area contributed by atoms with Crippen molar-refractivity contribution in [3.63, 3.8) is 0 Å². The molecule has 1 aromatic rings. The van der Waals surface area contributed by atoms with Crippen molar-refractivity contribution < 1.29 is 8.42 Å². The predicted octanol–water partition coefficient (Wildman–Crippen LogP) is 2.67. The topological polar surface area (TPSA) is 49.4 Å². The molecule has 0 saturated carbocycles. The molecule has 1 aromatic carbocycles. The largest absolute Gasteiger partial charge is 0.316 e. The Hall–Kier alpha value is -0.330. The number of piperidine rings is 1. The van der Waals surface area contributed by atoms with E-state index in [0.717, 1.165) is 12.8 Å². The molecule has 1 heterocycles. The average molecular weight is 337 g/mol.